The van der Waals surface area contributed by atoms with Crippen LogP contribution in [0.3, 0.4) is 0 Å². The van der Waals surface area contributed by atoms with Gasteiger partial charge in [0.25, 0.3) is 11.6 Å². The van der Waals surface area contributed by atoms with Crippen LogP contribution >= 0.6 is 0 Å². The van der Waals surface area contributed by atoms with E-state index in [1.165, 1.54) is 18.3 Å². The van der Waals surface area contributed by atoms with Crippen LogP contribution in [0.5, 0.6) is 0 Å². The highest BCUT2D eigenvalue weighted by Gasteiger charge is 2.12. The number of nitrogens with zero attached hydrogens (tertiary/aromatic N) is 3. The average Bonchev–Trinajstić information content (AvgIpc) is 3.22. The molecule has 2 aromatic carbocycles. The number of benzene rings is 2. The molecule has 8 nitrogen and oxygen atoms in total. The number of furan rings is 1. The molecule has 154 valence electrons. The quantitative estimate of drug-likeness (QED) is 0.287. The van der Waals surface area contributed by atoms with Crippen molar-refractivity contribution in [3.05, 3.63) is 93.4 Å². The van der Waals surface area contributed by atoms with E-state index in [2.05, 4.69) is 15.5 Å². The van der Waals surface area contributed by atoms with Gasteiger partial charge in [-0.2, -0.15) is 5.10 Å². The van der Waals surface area contributed by atoms with Crippen LogP contribution in [0.25, 0.3) is 22.2 Å². The van der Waals surface area contributed by atoms with Gasteiger partial charge in [-0.05, 0) is 44.2 Å². The minimum Gasteiger partial charge on any atom is -0.455 e. The maximum atomic E-state index is 12.6. The third-order valence-electron chi connectivity index (χ3n) is 4.73. The second kappa shape index (κ2) is 8.19. The molecule has 4 aromatic rings. The summed E-state index contributed by atoms with van der Waals surface area (Å²) in [6.07, 6.45) is 1.37. The minimum atomic E-state index is -0.463. The van der Waals surface area contributed by atoms with E-state index < -0.39 is 4.92 Å². The lowest BCUT2D eigenvalue weighted by molar-refractivity contribution is -0.384. The van der Waals surface area contributed by atoms with Crippen molar-refractivity contribution in [1.29, 1.82) is 0 Å². The van der Waals surface area contributed by atoms with E-state index in [-0.39, 0.29) is 11.6 Å². The van der Waals surface area contributed by atoms with Gasteiger partial charge in [0.05, 0.1) is 27.9 Å². The van der Waals surface area contributed by atoms with Crippen molar-refractivity contribution >= 4 is 28.7 Å². The molecule has 0 spiro atoms. The predicted octanol–water partition coefficient (Wildman–Crippen LogP) is 4.78. The lowest BCUT2D eigenvalue weighted by Gasteiger charge is -2.06. The van der Waals surface area contributed by atoms with Crippen LogP contribution in [0.4, 0.5) is 5.69 Å². The SMILES string of the molecule is Cc1ccc2nc(C)c(C(=O)NN=Cc3ccc(-c4cccc([N+](=O)[O-])c4)o3)cc2c1. The molecule has 0 saturated heterocycles. The third kappa shape index (κ3) is 4.32. The molecular weight excluding hydrogens is 396 g/mol. The summed E-state index contributed by atoms with van der Waals surface area (Å²) in [7, 11) is 0. The van der Waals surface area contributed by atoms with Crippen molar-refractivity contribution in [2.24, 2.45) is 5.10 Å². The number of aromatic nitrogens is 1. The van der Waals surface area contributed by atoms with Crippen LogP contribution in [0.1, 0.15) is 27.4 Å². The highest BCUT2D eigenvalue weighted by Crippen LogP contribution is 2.25. The predicted molar refractivity (Wildman–Crippen MR) is 117 cm³/mol. The van der Waals surface area contributed by atoms with Gasteiger partial charge in [0, 0.05) is 23.1 Å². The van der Waals surface area contributed by atoms with Crippen LogP contribution in [0.15, 0.2) is 70.2 Å². The molecule has 0 saturated carbocycles. The summed E-state index contributed by atoms with van der Waals surface area (Å²) in [5, 5.41) is 15.8. The summed E-state index contributed by atoms with van der Waals surface area (Å²) in [6, 6.07) is 17.2. The van der Waals surface area contributed by atoms with Gasteiger partial charge >= 0.3 is 0 Å². The topological polar surface area (TPSA) is 111 Å². The summed E-state index contributed by atoms with van der Waals surface area (Å²) in [4.78, 5) is 27.5. The van der Waals surface area contributed by atoms with E-state index in [1.807, 2.05) is 25.1 Å². The van der Waals surface area contributed by atoms with Crippen molar-refractivity contribution < 1.29 is 14.1 Å². The van der Waals surface area contributed by atoms with Crippen LogP contribution in [-0.4, -0.2) is 22.0 Å². The zero-order valence-electron chi connectivity index (χ0n) is 16.8. The number of hydrogen-bond donors (Lipinski definition) is 1. The monoisotopic (exact) mass is 414 g/mol. The van der Waals surface area contributed by atoms with Gasteiger partial charge in [-0.15, -0.1) is 0 Å². The molecule has 8 heteroatoms. The number of hydrogen-bond acceptors (Lipinski definition) is 6. The summed E-state index contributed by atoms with van der Waals surface area (Å²) < 4.78 is 5.65. The number of non-ortho nitro benzene ring substituents is 1. The first-order valence-electron chi connectivity index (χ1n) is 9.47. The number of fused-ring (bicyclic) bond motifs is 1. The largest absolute Gasteiger partial charge is 0.455 e. The number of rotatable bonds is 5. The molecule has 0 radical (unpaired) electrons. The Hall–Kier alpha value is -4.33. The van der Waals surface area contributed by atoms with Crippen LogP contribution in [-0.2, 0) is 0 Å². The molecule has 0 atom stereocenters. The molecule has 31 heavy (non-hydrogen) atoms. The molecule has 1 N–H and O–H groups in total. The van der Waals surface area contributed by atoms with E-state index in [9.17, 15) is 14.9 Å². The first kappa shape index (κ1) is 20.0. The molecule has 2 aromatic heterocycles. The smallest absolute Gasteiger partial charge is 0.273 e. The number of nitrogens with one attached hydrogen (secondary N) is 1. The number of pyridine rings is 1. The van der Waals surface area contributed by atoms with E-state index >= 15 is 0 Å². The van der Waals surface area contributed by atoms with Gasteiger partial charge in [0.2, 0.25) is 0 Å². The maximum Gasteiger partial charge on any atom is 0.273 e. The van der Waals surface area contributed by atoms with Gasteiger partial charge in [-0.1, -0.05) is 23.8 Å². The van der Waals surface area contributed by atoms with Crippen molar-refractivity contribution in [3.8, 4) is 11.3 Å². The molecule has 0 aliphatic heterocycles. The minimum absolute atomic E-state index is 0.0223. The van der Waals surface area contributed by atoms with Gasteiger partial charge in [-0.3, -0.25) is 19.9 Å². The fourth-order valence-corrected chi connectivity index (χ4v) is 3.19. The fourth-order valence-electron chi connectivity index (χ4n) is 3.19. The Labute approximate surface area is 177 Å². The third-order valence-corrected chi connectivity index (χ3v) is 4.73. The standard InChI is InChI=1S/C23H18N4O4/c1-14-6-8-21-17(10-14)12-20(15(2)25-21)23(28)26-24-13-19-7-9-22(31-19)16-4-3-5-18(11-16)27(29)30/h3-13H,1-2H3,(H,26,28). The first-order chi connectivity index (χ1) is 14.9. The van der Waals surface area contributed by atoms with Crippen molar-refractivity contribution in [1.82, 2.24) is 10.4 Å². The lowest BCUT2D eigenvalue weighted by Crippen LogP contribution is -2.19. The number of nitro benzene ring substituents is 1. The molecule has 2 heterocycles. The van der Waals surface area contributed by atoms with Gasteiger partial charge in [0.1, 0.15) is 11.5 Å². The van der Waals surface area contributed by atoms with Crippen LogP contribution in [0, 0.1) is 24.0 Å². The molecule has 0 aliphatic carbocycles. The molecule has 0 fully saturated rings. The lowest BCUT2D eigenvalue weighted by atomic mass is 10.1. The molecule has 4 rings (SSSR count). The van der Waals surface area contributed by atoms with Crippen LogP contribution < -0.4 is 5.43 Å². The van der Waals surface area contributed by atoms with E-state index in [1.54, 1.807) is 37.3 Å². The first-order valence-corrected chi connectivity index (χ1v) is 9.47. The van der Waals surface area contributed by atoms with Crippen molar-refractivity contribution in [3.63, 3.8) is 0 Å². The fraction of sp³-hybridized carbons (Fsp3) is 0.0870. The summed E-state index contributed by atoms with van der Waals surface area (Å²) in [5.41, 5.74) is 5.99. The zero-order valence-corrected chi connectivity index (χ0v) is 16.8. The molecular formula is C23H18N4O4. The Balaban J connectivity index is 1.49. The van der Waals surface area contributed by atoms with Gasteiger partial charge in [0.15, 0.2) is 0 Å². The van der Waals surface area contributed by atoms with Crippen molar-refractivity contribution in [2.45, 2.75) is 13.8 Å². The number of amides is 1. The molecule has 0 bridgehead atoms. The van der Waals surface area contributed by atoms with Gasteiger partial charge < -0.3 is 4.42 Å². The molecule has 0 aliphatic rings. The van der Waals surface area contributed by atoms with E-state index in [0.29, 0.717) is 28.3 Å². The Kier molecular flexibility index (Phi) is 5.28. The summed E-state index contributed by atoms with van der Waals surface area (Å²) in [6.45, 7) is 3.75. The Morgan fingerprint density at radius 1 is 1.13 bits per heavy atom. The highest BCUT2D eigenvalue weighted by atomic mass is 16.6. The summed E-state index contributed by atoms with van der Waals surface area (Å²) >= 11 is 0. The average molecular weight is 414 g/mol. The van der Waals surface area contributed by atoms with Gasteiger partial charge in [-0.25, -0.2) is 5.43 Å². The molecule has 0 unspecified atom stereocenters. The number of aryl methyl sites for hydroxylation is 2. The zero-order chi connectivity index (χ0) is 22.0. The number of carbonyl (C=O) groups excluding carboxylic acids is 1. The van der Waals surface area contributed by atoms with E-state index in [4.69, 9.17) is 4.42 Å². The normalized spacial score (nSPS) is 11.2. The Morgan fingerprint density at radius 2 is 1.97 bits per heavy atom. The molecule has 1 amide bonds. The number of hydrazone groups is 1. The Morgan fingerprint density at radius 3 is 2.77 bits per heavy atom. The number of carbonyl (C=O) groups is 1. The highest BCUT2D eigenvalue weighted by molar-refractivity contribution is 5.99. The maximum absolute atomic E-state index is 12.6. The second-order valence-electron chi connectivity index (χ2n) is 7.03. The van der Waals surface area contributed by atoms with Crippen molar-refractivity contribution in [2.75, 3.05) is 0 Å². The second-order valence-corrected chi connectivity index (χ2v) is 7.03. The number of nitro groups is 1. The Bertz CT molecular complexity index is 1340. The summed E-state index contributed by atoms with van der Waals surface area (Å²) in [5.74, 6) is 0.474. The van der Waals surface area contributed by atoms with E-state index in [0.717, 1.165) is 16.5 Å². The van der Waals surface area contributed by atoms with Crippen LogP contribution in [0.2, 0.25) is 0 Å².